The van der Waals surface area contributed by atoms with Crippen molar-refractivity contribution in [3.05, 3.63) is 12.2 Å². The first-order valence-electron chi connectivity index (χ1n) is 12.2. The van der Waals surface area contributed by atoms with E-state index < -0.39 is 51.7 Å². The summed E-state index contributed by atoms with van der Waals surface area (Å²) < 4.78 is 33.9. The van der Waals surface area contributed by atoms with Crippen molar-refractivity contribution in [2.75, 3.05) is 13.1 Å². The minimum Gasteiger partial charge on any atom is -0.436 e. The van der Waals surface area contributed by atoms with Crippen molar-refractivity contribution < 1.29 is 32.3 Å². The van der Waals surface area contributed by atoms with E-state index in [1.807, 2.05) is 16.9 Å². The van der Waals surface area contributed by atoms with Gasteiger partial charge in [-0.25, -0.2) is 9.52 Å². The van der Waals surface area contributed by atoms with Gasteiger partial charge in [0.25, 0.3) is 11.8 Å². The van der Waals surface area contributed by atoms with Crippen LogP contribution in [0, 0.1) is 5.92 Å². The van der Waals surface area contributed by atoms with E-state index in [-0.39, 0.29) is 18.9 Å². The molecule has 0 aromatic carbocycles. The van der Waals surface area contributed by atoms with E-state index in [4.69, 9.17) is 10.5 Å². The molecule has 5 N–H and O–H groups in total. The molecule has 1 aliphatic carbocycles. The number of rotatable bonds is 6. The van der Waals surface area contributed by atoms with Crippen LogP contribution in [0.25, 0.3) is 0 Å². The van der Waals surface area contributed by atoms with Crippen molar-refractivity contribution in [2.24, 2.45) is 11.7 Å². The largest absolute Gasteiger partial charge is 0.436 e. The molecule has 0 aromatic rings. The van der Waals surface area contributed by atoms with Gasteiger partial charge in [0.2, 0.25) is 5.91 Å². The van der Waals surface area contributed by atoms with Gasteiger partial charge in [-0.3, -0.25) is 14.4 Å². The minimum atomic E-state index is -4.08. The SMILES string of the molecule is CCCNS(=O)(=O)NC(=O)C12CC1/C=C\CCCCCC(OC(N)=O)C(=O)N1CCCC1C(=O)N2. The van der Waals surface area contributed by atoms with Crippen LogP contribution in [-0.2, 0) is 29.3 Å². The van der Waals surface area contributed by atoms with Gasteiger partial charge in [-0.1, -0.05) is 25.5 Å². The van der Waals surface area contributed by atoms with Crippen LogP contribution in [0.4, 0.5) is 4.79 Å². The molecular formula is C22H35N5O7S. The molecule has 4 unspecified atom stereocenters. The quantitative estimate of drug-likeness (QED) is 0.366. The highest BCUT2D eigenvalue weighted by atomic mass is 32.2. The van der Waals surface area contributed by atoms with Crippen LogP contribution in [0.1, 0.15) is 64.7 Å². The number of amides is 4. The summed E-state index contributed by atoms with van der Waals surface area (Å²) in [6.07, 6.45) is 6.59. The predicted octanol–water partition coefficient (Wildman–Crippen LogP) is 0.197. The first kappa shape index (κ1) is 26.9. The van der Waals surface area contributed by atoms with Crippen molar-refractivity contribution in [1.29, 1.82) is 0 Å². The number of hydrogen-bond donors (Lipinski definition) is 4. The topological polar surface area (TPSA) is 177 Å². The monoisotopic (exact) mass is 513 g/mol. The Morgan fingerprint density at radius 2 is 2.00 bits per heavy atom. The Morgan fingerprint density at radius 3 is 2.71 bits per heavy atom. The van der Waals surface area contributed by atoms with Crippen molar-refractivity contribution in [1.82, 2.24) is 19.7 Å². The van der Waals surface area contributed by atoms with Crippen molar-refractivity contribution in [2.45, 2.75) is 82.4 Å². The number of primary amides is 1. The van der Waals surface area contributed by atoms with Crippen LogP contribution >= 0.6 is 0 Å². The van der Waals surface area contributed by atoms with Gasteiger partial charge in [-0.2, -0.15) is 13.1 Å². The number of fused-ring (bicyclic) bond motifs is 2. The molecule has 35 heavy (non-hydrogen) atoms. The maximum Gasteiger partial charge on any atom is 0.405 e. The van der Waals surface area contributed by atoms with Crippen molar-refractivity contribution in [3.63, 3.8) is 0 Å². The van der Waals surface area contributed by atoms with Crippen LogP contribution in [0.5, 0.6) is 0 Å². The molecular weight excluding hydrogens is 478 g/mol. The lowest BCUT2D eigenvalue weighted by Crippen LogP contribution is -2.58. The summed E-state index contributed by atoms with van der Waals surface area (Å²) in [6, 6.07) is -0.865. The van der Waals surface area contributed by atoms with Gasteiger partial charge in [-0.05, 0) is 51.4 Å². The fourth-order valence-corrected chi connectivity index (χ4v) is 5.63. The summed E-state index contributed by atoms with van der Waals surface area (Å²) in [5.74, 6) is -2.23. The maximum absolute atomic E-state index is 13.3. The molecule has 2 fully saturated rings. The first-order chi connectivity index (χ1) is 16.6. The molecule has 0 aromatic heterocycles. The Bertz CT molecular complexity index is 969. The van der Waals surface area contributed by atoms with Crippen LogP contribution < -0.4 is 20.5 Å². The van der Waals surface area contributed by atoms with Crippen LogP contribution in [0.2, 0.25) is 0 Å². The molecule has 1 saturated carbocycles. The number of allylic oxidation sites excluding steroid dienone is 1. The zero-order valence-electron chi connectivity index (χ0n) is 20.0. The Labute approximate surface area is 205 Å². The summed E-state index contributed by atoms with van der Waals surface area (Å²) in [6.45, 7) is 2.25. The number of nitrogens with zero attached hydrogens (tertiary/aromatic N) is 1. The van der Waals surface area contributed by atoms with E-state index in [0.717, 1.165) is 12.8 Å². The van der Waals surface area contributed by atoms with Crippen LogP contribution in [0.15, 0.2) is 12.2 Å². The number of carbonyl (C=O) groups excluding carboxylic acids is 4. The van der Waals surface area contributed by atoms with Gasteiger partial charge >= 0.3 is 16.3 Å². The summed E-state index contributed by atoms with van der Waals surface area (Å²) in [4.78, 5) is 52.3. The zero-order chi connectivity index (χ0) is 25.6. The summed E-state index contributed by atoms with van der Waals surface area (Å²) >= 11 is 0. The number of nitrogens with one attached hydrogen (secondary N) is 3. The fraction of sp³-hybridized carbons (Fsp3) is 0.727. The maximum atomic E-state index is 13.3. The van der Waals surface area contributed by atoms with Gasteiger partial charge in [0, 0.05) is 19.0 Å². The summed E-state index contributed by atoms with van der Waals surface area (Å²) in [7, 11) is -4.08. The van der Waals surface area contributed by atoms with E-state index in [9.17, 15) is 27.6 Å². The molecule has 13 heteroatoms. The number of hydrogen-bond acceptors (Lipinski definition) is 7. The third-order valence-corrected chi connectivity index (χ3v) is 7.65. The number of ether oxygens (including phenoxy) is 1. The average molecular weight is 514 g/mol. The number of carbonyl (C=O) groups is 4. The highest BCUT2D eigenvalue weighted by molar-refractivity contribution is 7.88. The first-order valence-corrected chi connectivity index (χ1v) is 13.6. The lowest BCUT2D eigenvalue weighted by atomic mass is 10.1. The van der Waals surface area contributed by atoms with Gasteiger partial charge in [0.1, 0.15) is 11.6 Å². The Kier molecular flexibility index (Phi) is 8.75. The Balaban J connectivity index is 1.84. The predicted molar refractivity (Wildman–Crippen MR) is 126 cm³/mol. The molecule has 2 aliphatic heterocycles. The summed E-state index contributed by atoms with van der Waals surface area (Å²) in [5.41, 5.74) is 3.75. The average Bonchev–Trinajstić information content (AvgIpc) is 3.25. The van der Waals surface area contributed by atoms with E-state index in [1.54, 1.807) is 6.92 Å². The zero-order valence-corrected chi connectivity index (χ0v) is 20.8. The molecule has 4 atom stereocenters. The van der Waals surface area contributed by atoms with Crippen molar-refractivity contribution >= 4 is 34.0 Å². The second-order valence-electron chi connectivity index (χ2n) is 9.28. The molecule has 3 aliphatic rings. The third-order valence-electron chi connectivity index (χ3n) is 6.61. The Hall–Kier alpha value is -2.67. The molecule has 12 nitrogen and oxygen atoms in total. The van der Waals surface area contributed by atoms with E-state index in [0.29, 0.717) is 45.1 Å². The second kappa shape index (κ2) is 11.4. The summed E-state index contributed by atoms with van der Waals surface area (Å²) in [5, 5.41) is 2.74. The van der Waals surface area contributed by atoms with Gasteiger partial charge < -0.3 is 20.7 Å². The van der Waals surface area contributed by atoms with Gasteiger partial charge in [-0.15, -0.1) is 0 Å². The van der Waals surface area contributed by atoms with Gasteiger partial charge in [0.15, 0.2) is 6.10 Å². The molecule has 0 radical (unpaired) electrons. The van der Waals surface area contributed by atoms with Crippen molar-refractivity contribution in [3.8, 4) is 0 Å². The highest BCUT2D eigenvalue weighted by Gasteiger charge is 2.61. The van der Waals surface area contributed by atoms with Gasteiger partial charge in [0.05, 0.1) is 0 Å². The molecule has 2 heterocycles. The molecule has 0 spiro atoms. The van der Waals surface area contributed by atoms with Crippen LogP contribution in [-0.4, -0.2) is 67.9 Å². The second-order valence-corrected chi connectivity index (χ2v) is 10.8. The standard InChI is InChI=1S/C22H35N5O7S/c1-2-12-24-35(32,33)26-20(30)22-14-15(22)9-6-4-3-5-7-11-17(34-21(23)31)19(29)27-13-8-10-16(27)18(28)25-22/h6,9,15-17,24H,2-5,7-8,10-14H2,1H3,(H2,23,31)(H,25,28)(H,26,30)/b9-6-. The molecule has 196 valence electrons. The Morgan fingerprint density at radius 1 is 1.23 bits per heavy atom. The molecule has 3 rings (SSSR count). The van der Waals surface area contributed by atoms with E-state index in [2.05, 4.69) is 10.0 Å². The van der Waals surface area contributed by atoms with Crippen LogP contribution in [0.3, 0.4) is 0 Å². The normalized spacial score (nSPS) is 30.7. The molecule has 4 amide bonds. The molecule has 1 saturated heterocycles. The smallest absolute Gasteiger partial charge is 0.405 e. The number of nitrogens with two attached hydrogens (primary N) is 1. The molecule has 0 bridgehead atoms. The third kappa shape index (κ3) is 6.72. The fourth-order valence-electron chi connectivity index (χ4n) is 4.66. The van der Waals surface area contributed by atoms with E-state index >= 15 is 0 Å². The lowest BCUT2D eigenvalue weighted by molar-refractivity contribution is -0.146. The highest BCUT2D eigenvalue weighted by Crippen LogP contribution is 2.45. The lowest BCUT2D eigenvalue weighted by Gasteiger charge is -2.29. The van der Waals surface area contributed by atoms with E-state index in [1.165, 1.54) is 4.90 Å². The minimum absolute atomic E-state index is 0.166.